The lowest BCUT2D eigenvalue weighted by Gasteiger charge is -2.37. The second kappa shape index (κ2) is 12.3. The Morgan fingerprint density at radius 2 is 1.62 bits per heavy atom. The zero-order chi connectivity index (χ0) is 29.8. The fourth-order valence-electron chi connectivity index (χ4n) is 5.15. The fraction of sp³-hybridized carbons (Fsp3) is 0.290. The maximum absolute atomic E-state index is 14.0. The summed E-state index contributed by atoms with van der Waals surface area (Å²) in [7, 11) is 1.54. The number of anilines is 1. The van der Waals surface area contributed by atoms with Gasteiger partial charge < -0.3 is 24.6 Å². The van der Waals surface area contributed by atoms with E-state index >= 15 is 0 Å². The summed E-state index contributed by atoms with van der Waals surface area (Å²) in [4.78, 5) is 56.5. The van der Waals surface area contributed by atoms with Crippen molar-refractivity contribution in [1.82, 2.24) is 14.7 Å². The largest absolute Gasteiger partial charge is 0.497 e. The highest BCUT2D eigenvalue weighted by molar-refractivity contribution is 6.04. The zero-order valence-corrected chi connectivity index (χ0v) is 23.3. The first-order valence-corrected chi connectivity index (χ1v) is 13.5. The van der Waals surface area contributed by atoms with Gasteiger partial charge >= 0.3 is 6.09 Å². The molecule has 11 heteroatoms. The van der Waals surface area contributed by atoms with Crippen molar-refractivity contribution in [3.63, 3.8) is 0 Å². The quantitative estimate of drug-likeness (QED) is 0.460. The number of cyclic esters (lactones) is 1. The van der Waals surface area contributed by atoms with Crippen LogP contribution in [0, 0.1) is 5.82 Å². The number of hydrogen-bond acceptors (Lipinski definition) is 6. The molecule has 0 aromatic heterocycles. The van der Waals surface area contributed by atoms with Gasteiger partial charge in [-0.1, -0.05) is 24.3 Å². The van der Waals surface area contributed by atoms with E-state index in [0.717, 1.165) is 0 Å². The summed E-state index contributed by atoms with van der Waals surface area (Å²) < 4.78 is 24.5. The van der Waals surface area contributed by atoms with Crippen LogP contribution in [-0.2, 0) is 20.9 Å². The Morgan fingerprint density at radius 3 is 2.26 bits per heavy atom. The fourth-order valence-corrected chi connectivity index (χ4v) is 5.15. The number of nitrogens with zero attached hydrogens (tertiary/aromatic N) is 3. The van der Waals surface area contributed by atoms with Crippen LogP contribution in [0.1, 0.15) is 34.5 Å². The standard InChI is InChI=1S/C31H31FN4O6/c1-20(37)34-14-16-35(17-15-34)30(39)27-28(42-31(40)36(27)19-21-6-10-24(32)11-7-21)23-4-3-5-25(18-23)33-29(38)22-8-12-26(41-2)13-9-22/h3-13,18,27-28H,14-17,19H2,1-2H3,(H,33,38). The van der Waals surface area contributed by atoms with Crippen LogP contribution >= 0.6 is 0 Å². The Bertz CT molecular complexity index is 1470. The molecule has 42 heavy (non-hydrogen) atoms. The molecule has 1 N–H and O–H groups in total. The molecule has 2 saturated heterocycles. The molecule has 5 rings (SSSR count). The number of amides is 4. The topological polar surface area (TPSA) is 108 Å². The monoisotopic (exact) mass is 574 g/mol. The highest BCUT2D eigenvalue weighted by Gasteiger charge is 2.48. The number of hydrogen-bond donors (Lipinski definition) is 1. The average Bonchev–Trinajstić information content (AvgIpc) is 3.33. The third kappa shape index (κ3) is 6.19. The predicted molar refractivity (Wildman–Crippen MR) is 151 cm³/mol. The number of rotatable bonds is 7. The number of benzene rings is 3. The van der Waals surface area contributed by atoms with Crippen molar-refractivity contribution >= 4 is 29.5 Å². The molecule has 218 valence electrons. The third-order valence-electron chi connectivity index (χ3n) is 7.47. The Hall–Kier alpha value is -4.93. The summed E-state index contributed by atoms with van der Waals surface area (Å²) in [5, 5.41) is 2.85. The van der Waals surface area contributed by atoms with Crippen molar-refractivity contribution in [2.75, 3.05) is 38.6 Å². The maximum atomic E-state index is 14.0. The minimum atomic E-state index is -1.01. The Morgan fingerprint density at radius 1 is 0.952 bits per heavy atom. The highest BCUT2D eigenvalue weighted by Crippen LogP contribution is 2.36. The van der Waals surface area contributed by atoms with Crippen LogP contribution < -0.4 is 10.1 Å². The highest BCUT2D eigenvalue weighted by atomic mass is 19.1. The summed E-state index contributed by atoms with van der Waals surface area (Å²) in [5.74, 6) is -0.507. The summed E-state index contributed by atoms with van der Waals surface area (Å²) in [5.41, 5.74) is 2.05. The number of ether oxygens (including phenoxy) is 2. The van der Waals surface area contributed by atoms with Crippen LogP contribution in [-0.4, -0.2) is 77.8 Å². The normalized spacial score (nSPS) is 18.5. The summed E-state index contributed by atoms with van der Waals surface area (Å²) in [6.07, 6.45) is -1.65. The van der Waals surface area contributed by atoms with Crippen LogP contribution in [0.4, 0.5) is 14.9 Å². The summed E-state index contributed by atoms with van der Waals surface area (Å²) in [6, 6.07) is 18.2. The van der Waals surface area contributed by atoms with Crippen LogP contribution in [0.15, 0.2) is 72.8 Å². The molecule has 4 amide bonds. The van der Waals surface area contributed by atoms with Crippen molar-refractivity contribution < 1.29 is 33.0 Å². The number of halogens is 1. The molecule has 2 aliphatic heterocycles. The molecule has 2 aliphatic rings. The van der Waals surface area contributed by atoms with Gasteiger partial charge in [-0.15, -0.1) is 0 Å². The van der Waals surface area contributed by atoms with Gasteiger partial charge in [0.1, 0.15) is 11.6 Å². The van der Waals surface area contributed by atoms with Crippen molar-refractivity contribution in [2.45, 2.75) is 25.6 Å². The third-order valence-corrected chi connectivity index (χ3v) is 7.47. The van der Waals surface area contributed by atoms with E-state index in [2.05, 4.69) is 5.32 Å². The summed E-state index contributed by atoms with van der Waals surface area (Å²) in [6.45, 7) is 2.93. The molecule has 2 unspecified atom stereocenters. The SMILES string of the molecule is COc1ccc(C(=O)Nc2cccc(C3OC(=O)N(Cc4ccc(F)cc4)C3C(=O)N3CCN(C(C)=O)CC3)c2)cc1. The lowest BCUT2D eigenvalue weighted by molar-refractivity contribution is -0.142. The molecule has 3 aromatic rings. The van der Waals surface area contributed by atoms with Gasteiger partial charge in [0, 0.05) is 44.4 Å². The minimum Gasteiger partial charge on any atom is -0.497 e. The van der Waals surface area contributed by atoms with Crippen LogP contribution in [0.25, 0.3) is 0 Å². The van der Waals surface area contributed by atoms with Gasteiger partial charge in [0.25, 0.3) is 5.91 Å². The number of methoxy groups -OCH3 is 1. The van der Waals surface area contributed by atoms with Gasteiger partial charge in [-0.25, -0.2) is 9.18 Å². The van der Waals surface area contributed by atoms with Gasteiger partial charge in [0.2, 0.25) is 11.8 Å². The second-order valence-corrected chi connectivity index (χ2v) is 10.1. The van der Waals surface area contributed by atoms with Gasteiger partial charge in [-0.2, -0.15) is 0 Å². The Labute approximate surface area is 242 Å². The van der Waals surface area contributed by atoms with Crippen molar-refractivity contribution in [3.8, 4) is 5.75 Å². The smallest absolute Gasteiger partial charge is 0.411 e. The van der Waals surface area contributed by atoms with Crippen molar-refractivity contribution in [1.29, 1.82) is 0 Å². The molecule has 0 bridgehead atoms. The van der Waals surface area contributed by atoms with E-state index < -0.39 is 24.1 Å². The van der Waals surface area contributed by atoms with Gasteiger partial charge in [-0.3, -0.25) is 19.3 Å². The Balaban J connectivity index is 1.40. The van der Waals surface area contributed by atoms with Gasteiger partial charge in [0.05, 0.1) is 13.7 Å². The first-order valence-electron chi connectivity index (χ1n) is 13.5. The van der Waals surface area contributed by atoms with Gasteiger partial charge in [0.15, 0.2) is 12.1 Å². The molecular weight excluding hydrogens is 543 g/mol. The van der Waals surface area contributed by atoms with Crippen molar-refractivity contribution in [2.24, 2.45) is 0 Å². The lowest BCUT2D eigenvalue weighted by Crippen LogP contribution is -2.55. The van der Waals surface area contributed by atoms with Crippen LogP contribution in [0.3, 0.4) is 0 Å². The van der Waals surface area contributed by atoms with E-state index in [1.807, 2.05) is 0 Å². The first-order chi connectivity index (χ1) is 20.2. The number of nitrogens with one attached hydrogen (secondary N) is 1. The van der Waals surface area contributed by atoms with Crippen LogP contribution in [0.2, 0.25) is 0 Å². The lowest BCUT2D eigenvalue weighted by atomic mass is 9.99. The van der Waals surface area contributed by atoms with E-state index in [1.54, 1.807) is 77.6 Å². The molecule has 2 heterocycles. The maximum Gasteiger partial charge on any atom is 0.411 e. The summed E-state index contributed by atoms with van der Waals surface area (Å²) >= 11 is 0. The van der Waals surface area contributed by atoms with Crippen molar-refractivity contribution in [3.05, 3.63) is 95.3 Å². The number of carbonyl (C=O) groups excluding carboxylic acids is 4. The molecule has 0 aliphatic carbocycles. The number of piperazine rings is 1. The predicted octanol–water partition coefficient (Wildman–Crippen LogP) is 3.84. The van der Waals surface area contributed by atoms with E-state index in [0.29, 0.717) is 54.3 Å². The minimum absolute atomic E-state index is 0.0350. The average molecular weight is 575 g/mol. The zero-order valence-electron chi connectivity index (χ0n) is 23.3. The molecule has 0 saturated carbocycles. The Kier molecular flexibility index (Phi) is 8.37. The van der Waals surface area contributed by atoms with E-state index in [4.69, 9.17) is 9.47 Å². The van der Waals surface area contributed by atoms with E-state index in [1.165, 1.54) is 24.0 Å². The molecule has 0 spiro atoms. The molecule has 2 atom stereocenters. The van der Waals surface area contributed by atoms with E-state index in [9.17, 15) is 23.6 Å². The molecule has 3 aromatic carbocycles. The van der Waals surface area contributed by atoms with Crippen LogP contribution in [0.5, 0.6) is 5.75 Å². The molecule has 10 nitrogen and oxygen atoms in total. The molecule has 0 radical (unpaired) electrons. The molecule has 2 fully saturated rings. The van der Waals surface area contributed by atoms with E-state index in [-0.39, 0.29) is 24.3 Å². The van der Waals surface area contributed by atoms with Gasteiger partial charge in [-0.05, 0) is 59.7 Å². The second-order valence-electron chi connectivity index (χ2n) is 10.1. The molecular formula is C31H31FN4O6. The number of carbonyl (C=O) groups is 4. The first kappa shape index (κ1) is 28.6.